The predicted octanol–water partition coefficient (Wildman–Crippen LogP) is 3.14. The molecule has 31 heavy (non-hydrogen) atoms. The van der Waals surface area contributed by atoms with Crippen molar-refractivity contribution in [1.29, 1.82) is 0 Å². The van der Waals surface area contributed by atoms with Gasteiger partial charge in [0.25, 0.3) is 0 Å². The first kappa shape index (κ1) is 21.2. The predicted molar refractivity (Wildman–Crippen MR) is 126 cm³/mol. The van der Waals surface area contributed by atoms with Gasteiger partial charge in [0.1, 0.15) is 0 Å². The first-order chi connectivity index (χ1) is 15.2. The number of para-hydroxylation sites is 1. The smallest absolute Gasteiger partial charge is 0.222 e. The second kappa shape index (κ2) is 10.3. The molecule has 0 radical (unpaired) electrons. The largest absolute Gasteiger partial charge is 0.369 e. The third-order valence-corrected chi connectivity index (χ3v) is 6.10. The second-order valence-electron chi connectivity index (χ2n) is 8.43. The lowest BCUT2D eigenvalue weighted by atomic mass is 10.0. The quantitative estimate of drug-likeness (QED) is 0.558. The molecule has 2 saturated heterocycles. The molecule has 0 saturated carbocycles. The van der Waals surface area contributed by atoms with Crippen LogP contribution in [0.15, 0.2) is 59.6 Å². The van der Waals surface area contributed by atoms with Crippen molar-refractivity contribution >= 4 is 17.6 Å². The number of hydrogen-bond donors (Lipinski definition) is 2. The van der Waals surface area contributed by atoms with E-state index in [0.717, 1.165) is 38.4 Å². The average molecular weight is 420 g/mol. The van der Waals surface area contributed by atoms with Crippen LogP contribution in [0.2, 0.25) is 0 Å². The topological polar surface area (TPSA) is 60.0 Å². The van der Waals surface area contributed by atoms with Crippen LogP contribution in [0.5, 0.6) is 0 Å². The highest BCUT2D eigenvalue weighted by molar-refractivity contribution is 5.80. The highest BCUT2D eigenvalue weighted by Crippen LogP contribution is 2.19. The van der Waals surface area contributed by atoms with Crippen molar-refractivity contribution in [2.45, 2.75) is 44.8 Å². The lowest BCUT2D eigenvalue weighted by Gasteiger charge is -2.35. The van der Waals surface area contributed by atoms with Crippen LogP contribution in [-0.4, -0.2) is 49.5 Å². The lowest BCUT2D eigenvalue weighted by molar-refractivity contribution is -0.128. The maximum Gasteiger partial charge on any atom is 0.222 e. The van der Waals surface area contributed by atoms with Gasteiger partial charge in [0.15, 0.2) is 5.96 Å². The fourth-order valence-corrected chi connectivity index (χ4v) is 4.47. The van der Waals surface area contributed by atoms with E-state index in [0.29, 0.717) is 25.6 Å². The molecule has 0 aliphatic carbocycles. The molecule has 1 unspecified atom stereocenters. The molecule has 0 aromatic heterocycles. The van der Waals surface area contributed by atoms with Gasteiger partial charge < -0.3 is 20.4 Å². The number of aliphatic imine (C=N–C) groups is 1. The number of piperidine rings is 1. The Morgan fingerprint density at radius 1 is 1.06 bits per heavy atom. The van der Waals surface area contributed by atoms with E-state index in [1.807, 2.05) is 11.9 Å². The van der Waals surface area contributed by atoms with Crippen molar-refractivity contribution in [2.75, 3.05) is 31.6 Å². The lowest BCUT2D eigenvalue weighted by Crippen LogP contribution is -2.51. The Morgan fingerprint density at radius 2 is 1.90 bits per heavy atom. The molecule has 2 aliphatic heterocycles. The Hall–Kier alpha value is -3.02. The summed E-state index contributed by atoms with van der Waals surface area (Å²) in [6.45, 7) is 4.36. The summed E-state index contributed by atoms with van der Waals surface area (Å²) in [4.78, 5) is 20.7. The van der Waals surface area contributed by atoms with E-state index < -0.39 is 0 Å². The number of anilines is 1. The highest BCUT2D eigenvalue weighted by Gasteiger charge is 2.21. The van der Waals surface area contributed by atoms with E-state index >= 15 is 0 Å². The summed E-state index contributed by atoms with van der Waals surface area (Å²) < 4.78 is 0. The minimum atomic E-state index is 0.269. The molecule has 2 heterocycles. The summed E-state index contributed by atoms with van der Waals surface area (Å²) in [5.74, 6) is 1.10. The van der Waals surface area contributed by atoms with Crippen molar-refractivity contribution in [3.8, 4) is 0 Å². The molecule has 0 spiro atoms. The van der Waals surface area contributed by atoms with Gasteiger partial charge in [-0.15, -0.1) is 0 Å². The van der Waals surface area contributed by atoms with Crippen molar-refractivity contribution in [3.63, 3.8) is 0 Å². The van der Waals surface area contributed by atoms with Crippen LogP contribution in [-0.2, 0) is 17.9 Å². The van der Waals surface area contributed by atoms with Gasteiger partial charge in [0.05, 0.1) is 0 Å². The molecule has 1 amide bonds. The standard InChI is InChI=1S/C25H33N5O/c1-26-25(28-22-10-6-14-29(19-22)23-11-3-2-4-12-23)27-17-20-8-5-9-21(16-20)18-30-15-7-13-24(30)31/h2-5,8-9,11-12,16,22H,6-7,10,13-15,17-19H2,1H3,(H2,26,27,28). The maximum absolute atomic E-state index is 11.9. The molecule has 2 fully saturated rings. The van der Waals surface area contributed by atoms with E-state index in [4.69, 9.17) is 0 Å². The first-order valence-corrected chi connectivity index (χ1v) is 11.3. The van der Waals surface area contributed by atoms with Gasteiger partial charge in [0.2, 0.25) is 5.91 Å². The first-order valence-electron chi connectivity index (χ1n) is 11.3. The highest BCUT2D eigenvalue weighted by atomic mass is 16.2. The van der Waals surface area contributed by atoms with Crippen molar-refractivity contribution in [2.24, 2.45) is 4.99 Å². The van der Waals surface area contributed by atoms with Crippen molar-refractivity contribution in [1.82, 2.24) is 15.5 Å². The van der Waals surface area contributed by atoms with E-state index in [2.05, 4.69) is 75.1 Å². The molecule has 2 aliphatic rings. The van der Waals surface area contributed by atoms with E-state index in [1.165, 1.54) is 23.2 Å². The summed E-state index contributed by atoms with van der Waals surface area (Å²) in [5.41, 5.74) is 3.66. The zero-order valence-electron chi connectivity index (χ0n) is 18.4. The Labute approximate surface area is 185 Å². The Bertz CT molecular complexity index is 898. The maximum atomic E-state index is 11.9. The van der Waals surface area contributed by atoms with Crippen LogP contribution in [0.4, 0.5) is 5.69 Å². The molecular weight excluding hydrogens is 386 g/mol. The Morgan fingerprint density at radius 3 is 2.68 bits per heavy atom. The van der Waals surface area contributed by atoms with Gasteiger partial charge in [0, 0.05) is 57.9 Å². The van der Waals surface area contributed by atoms with Gasteiger partial charge in [-0.05, 0) is 42.5 Å². The molecule has 2 aromatic carbocycles. The number of hydrogen-bond acceptors (Lipinski definition) is 3. The van der Waals surface area contributed by atoms with E-state index in [9.17, 15) is 4.79 Å². The van der Waals surface area contributed by atoms with Crippen LogP contribution >= 0.6 is 0 Å². The van der Waals surface area contributed by atoms with Gasteiger partial charge in [-0.25, -0.2) is 0 Å². The zero-order chi connectivity index (χ0) is 21.5. The number of carbonyl (C=O) groups is 1. The number of guanidine groups is 1. The number of likely N-dealkylation sites (tertiary alicyclic amines) is 1. The summed E-state index contributed by atoms with van der Waals surface area (Å²) in [5, 5.41) is 7.06. The number of benzene rings is 2. The number of rotatable bonds is 6. The van der Waals surface area contributed by atoms with Crippen molar-refractivity contribution in [3.05, 3.63) is 65.7 Å². The molecule has 164 valence electrons. The molecular formula is C25H33N5O. The Kier molecular flexibility index (Phi) is 7.07. The van der Waals surface area contributed by atoms with Gasteiger partial charge >= 0.3 is 0 Å². The van der Waals surface area contributed by atoms with Crippen LogP contribution in [0.1, 0.15) is 36.8 Å². The van der Waals surface area contributed by atoms with E-state index in [1.54, 1.807) is 0 Å². The van der Waals surface area contributed by atoms with Crippen LogP contribution in [0.3, 0.4) is 0 Å². The molecule has 1 atom stereocenters. The summed E-state index contributed by atoms with van der Waals surface area (Å²) >= 11 is 0. The number of nitrogens with one attached hydrogen (secondary N) is 2. The SMILES string of the molecule is CN=C(NCc1cccc(CN2CCCC2=O)c1)NC1CCCN(c2ccccc2)C1. The van der Waals surface area contributed by atoms with Crippen LogP contribution in [0.25, 0.3) is 0 Å². The third-order valence-electron chi connectivity index (χ3n) is 6.10. The summed E-state index contributed by atoms with van der Waals surface area (Å²) in [6.07, 6.45) is 3.97. The average Bonchev–Trinajstić information content (AvgIpc) is 3.22. The normalized spacial score (nSPS) is 19.6. The fourth-order valence-electron chi connectivity index (χ4n) is 4.47. The number of nitrogens with zero attached hydrogens (tertiary/aromatic N) is 3. The monoisotopic (exact) mass is 419 g/mol. The third kappa shape index (κ3) is 5.78. The molecule has 0 bridgehead atoms. The van der Waals surface area contributed by atoms with Crippen molar-refractivity contribution < 1.29 is 4.79 Å². The van der Waals surface area contributed by atoms with E-state index in [-0.39, 0.29) is 5.91 Å². The molecule has 4 rings (SSSR count). The second-order valence-corrected chi connectivity index (χ2v) is 8.43. The minimum absolute atomic E-state index is 0.269. The Balaban J connectivity index is 1.29. The van der Waals surface area contributed by atoms with Crippen LogP contribution < -0.4 is 15.5 Å². The van der Waals surface area contributed by atoms with Crippen LogP contribution in [0, 0.1) is 0 Å². The van der Waals surface area contributed by atoms with Gasteiger partial charge in [-0.3, -0.25) is 9.79 Å². The number of carbonyl (C=O) groups excluding carboxylic acids is 1. The molecule has 2 N–H and O–H groups in total. The minimum Gasteiger partial charge on any atom is -0.369 e. The zero-order valence-corrected chi connectivity index (χ0v) is 18.4. The van der Waals surface area contributed by atoms with Gasteiger partial charge in [-0.1, -0.05) is 42.5 Å². The fraction of sp³-hybridized carbons (Fsp3) is 0.440. The molecule has 6 nitrogen and oxygen atoms in total. The molecule has 6 heteroatoms. The van der Waals surface area contributed by atoms with Gasteiger partial charge in [-0.2, -0.15) is 0 Å². The molecule has 2 aromatic rings. The summed E-state index contributed by atoms with van der Waals surface area (Å²) in [6, 6.07) is 19.5. The number of amides is 1. The summed E-state index contributed by atoms with van der Waals surface area (Å²) in [7, 11) is 1.82.